The van der Waals surface area contributed by atoms with E-state index in [0.717, 1.165) is 5.56 Å². The first-order chi connectivity index (χ1) is 8.76. The maximum absolute atomic E-state index is 11.4. The number of nitriles is 2. The summed E-state index contributed by atoms with van der Waals surface area (Å²) in [6, 6.07) is 12.9. The van der Waals surface area contributed by atoms with Crippen molar-refractivity contribution in [3.63, 3.8) is 0 Å². The van der Waals surface area contributed by atoms with Crippen molar-refractivity contribution in [2.45, 2.75) is 6.54 Å². The summed E-state index contributed by atoms with van der Waals surface area (Å²) in [6.07, 6.45) is 1.22. The summed E-state index contributed by atoms with van der Waals surface area (Å²) in [6.45, 7) is 0.480. The lowest BCUT2D eigenvalue weighted by molar-refractivity contribution is -0.120. The molecule has 1 aromatic carbocycles. The monoisotopic (exact) mass is 240 g/mol. The molecule has 0 spiro atoms. The van der Waals surface area contributed by atoms with Gasteiger partial charge in [0.15, 0.2) is 0 Å². The number of benzene rings is 1. The molecule has 0 radical (unpaired) electrons. The normalized spacial score (nSPS) is 8.56. The van der Waals surface area contributed by atoms with Gasteiger partial charge in [0.05, 0.1) is 6.54 Å². The molecule has 5 nitrogen and oxygen atoms in total. The number of carbonyl (C=O) groups excluding carboxylic acids is 1. The van der Waals surface area contributed by atoms with Gasteiger partial charge < -0.3 is 10.6 Å². The lowest BCUT2D eigenvalue weighted by Crippen LogP contribution is -2.31. The van der Waals surface area contributed by atoms with Crippen molar-refractivity contribution in [2.75, 3.05) is 6.54 Å². The minimum absolute atomic E-state index is 0.0275. The highest BCUT2D eigenvalue weighted by Crippen LogP contribution is 1.96. The van der Waals surface area contributed by atoms with E-state index in [9.17, 15) is 4.79 Å². The van der Waals surface area contributed by atoms with Crippen LogP contribution in [0.4, 0.5) is 0 Å². The third kappa shape index (κ3) is 4.82. The van der Waals surface area contributed by atoms with Gasteiger partial charge in [-0.1, -0.05) is 30.3 Å². The van der Waals surface area contributed by atoms with E-state index >= 15 is 0 Å². The summed E-state index contributed by atoms with van der Waals surface area (Å²) in [7, 11) is 0. The number of hydrogen-bond donors (Lipinski definition) is 2. The van der Waals surface area contributed by atoms with Gasteiger partial charge in [0.2, 0.25) is 5.91 Å². The Kier molecular flexibility index (Phi) is 5.52. The number of amides is 1. The Balaban J connectivity index is 2.30. The first-order valence-electron chi connectivity index (χ1n) is 5.30. The fourth-order valence-corrected chi connectivity index (χ4v) is 1.19. The number of allylic oxidation sites excluding steroid dienone is 1. The molecule has 1 aromatic rings. The van der Waals surface area contributed by atoms with Crippen LogP contribution in [-0.4, -0.2) is 12.5 Å². The number of hydrogen-bond acceptors (Lipinski definition) is 4. The van der Waals surface area contributed by atoms with Gasteiger partial charge in [-0.3, -0.25) is 4.79 Å². The summed E-state index contributed by atoms with van der Waals surface area (Å²) in [5.41, 5.74) is 0.946. The van der Waals surface area contributed by atoms with E-state index in [0.29, 0.717) is 6.54 Å². The van der Waals surface area contributed by atoms with E-state index in [1.165, 1.54) is 6.20 Å². The van der Waals surface area contributed by atoms with Crippen LogP contribution >= 0.6 is 0 Å². The minimum Gasteiger partial charge on any atom is -0.380 e. The molecule has 0 saturated heterocycles. The van der Waals surface area contributed by atoms with Gasteiger partial charge in [-0.25, -0.2) is 0 Å². The predicted octanol–water partition coefficient (Wildman–Crippen LogP) is 0.823. The average molecular weight is 240 g/mol. The third-order valence-electron chi connectivity index (χ3n) is 2.08. The van der Waals surface area contributed by atoms with E-state index in [2.05, 4.69) is 10.6 Å². The van der Waals surface area contributed by atoms with Crippen molar-refractivity contribution in [3.05, 3.63) is 47.7 Å². The lowest BCUT2D eigenvalue weighted by atomic mass is 10.2. The number of nitrogens with one attached hydrogen (secondary N) is 2. The summed E-state index contributed by atoms with van der Waals surface area (Å²) in [5, 5.41) is 22.2. The van der Waals surface area contributed by atoms with Crippen LogP contribution in [0.2, 0.25) is 0 Å². The summed E-state index contributed by atoms with van der Waals surface area (Å²) < 4.78 is 0. The van der Waals surface area contributed by atoms with Crippen LogP contribution < -0.4 is 10.6 Å². The third-order valence-corrected chi connectivity index (χ3v) is 2.08. The second-order valence-electron chi connectivity index (χ2n) is 3.42. The van der Waals surface area contributed by atoms with Crippen molar-refractivity contribution >= 4 is 5.91 Å². The van der Waals surface area contributed by atoms with Crippen molar-refractivity contribution in [1.29, 1.82) is 10.5 Å². The maximum atomic E-state index is 11.4. The van der Waals surface area contributed by atoms with Crippen molar-refractivity contribution < 1.29 is 4.79 Å². The Morgan fingerprint density at radius 3 is 2.50 bits per heavy atom. The fourth-order valence-electron chi connectivity index (χ4n) is 1.19. The topological polar surface area (TPSA) is 88.7 Å². The molecule has 0 aliphatic rings. The molecule has 18 heavy (non-hydrogen) atoms. The zero-order valence-electron chi connectivity index (χ0n) is 9.68. The molecule has 0 saturated carbocycles. The summed E-state index contributed by atoms with van der Waals surface area (Å²) in [5.74, 6) is -0.203. The Morgan fingerprint density at radius 2 is 1.89 bits per heavy atom. The number of rotatable bonds is 5. The van der Waals surface area contributed by atoms with Crippen LogP contribution in [0.1, 0.15) is 5.56 Å². The summed E-state index contributed by atoms with van der Waals surface area (Å²) >= 11 is 0. The van der Waals surface area contributed by atoms with Gasteiger partial charge in [0.25, 0.3) is 0 Å². The van der Waals surface area contributed by atoms with Crippen LogP contribution in [0.5, 0.6) is 0 Å². The van der Waals surface area contributed by atoms with Crippen molar-refractivity contribution in [1.82, 2.24) is 10.6 Å². The standard InChI is InChI=1S/C13H12N4O/c14-6-12(7-15)8-16-10-13(18)17-9-11-4-2-1-3-5-11/h1-5,8,16H,9-10H2,(H,17,18). The Bertz CT molecular complexity index is 492. The molecule has 0 bridgehead atoms. The van der Waals surface area contributed by atoms with E-state index in [1.54, 1.807) is 12.1 Å². The van der Waals surface area contributed by atoms with Crippen LogP contribution in [0.15, 0.2) is 42.1 Å². The fraction of sp³-hybridized carbons (Fsp3) is 0.154. The second-order valence-corrected chi connectivity index (χ2v) is 3.42. The lowest BCUT2D eigenvalue weighted by Gasteiger charge is -2.04. The van der Waals surface area contributed by atoms with Crippen molar-refractivity contribution in [2.24, 2.45) is 0 Å². The smallest absolute Gasteiger partial charge is 0.239 e. The molecule has 0 heterocycles. The first kappa shape index (κ1) is 13.3. The molecule has 0 fully saturated rings. The zero-order valence-corrected chi connectivity index (χ0v) is 9.68. The number of nitrogens with zero attached hydrogens (tertiary/aromatic N) is 2. The van der Waals surface area contributed by atoms with Crippen LogP contribution in [0.25, 0.3) is 0 Å². The Hall–Kier alpha value is -2.79. The molecule has 0 aliphatic carbocycles. The zero-order chi connectivity index (χ0) is 13.2. The van der Waals surface area contributed by atoms with Gasteiger partial charge in [-0.05, 0) is 5.56 Å². The van der Waals surface area contributed by atoms with Gasteiger partial charge in [0.1, 0.15) is 17.7 Å². The van der Waals surface area contributed by atoms with Crippen LogP contribution in [0.3, 0.4) is 0 Å². The van der Waals surface area contributed by atoms with Gasteiger partial charge in [-0.2, -0.15) is 10.5 Å². The molecule has 1 amide bonds. The average Bonchev–Trinajstić information content (AvgIpc) is 2.42. The van der Waals surface area contributed by atoms with E-state index in [1.807, 2.05) is 30.3 Å². The maximum Gasteiger partial charge on any atom is 0.239 e. The molecule has 1 rings (SSSR count). The Labute approximate surface area is 105 Å². The molecule has 0 atom stereocenters. The quantitative estimate of drug-likeness (QED) is 0.746. The molecule has 5 heteroatoms. The SMILES string of the molecule is N#CC(C#N)=CNCC(=O)NCc1ccccc1. The minimum atomic E-state index is -0.203. The molecule has 2 N–H and O–H groups in total. The Morgan fingerprint density at radius 1 is 1.22 bits per heavy atom. The van der Waals surface area contributed by atoms with Gasteiger partial charge in [-0.15, -0.1) is 0 Å². The molecular weight excluding hydrogens is 228 g/mol. The van der Waals surface area contributed by atoms with E-state index in [4.69, 9.17) is 10.5 Å². The largest absolute Gasteiger partial charge is 0.380 e. The summed E-state index contributed by atoms with van der Waals surface area (Å²) in [4.78, 5) is 11.4. The van der Waals surface area contributed by atoms with E-state index < -0.39 is 0 Å². The highest BCUT2D eigenvalue weighted by molar-refractivity contribution is 5.78. The van der Waals surface area contributed by atoms with Crippen molar-refractivity contribution in [3.8, 4) is 12.1 Å². The van der Waals surface area contributed by atoms with Gasteiger partial charge in [0, 0.05) is 12.7 Å². The molecule has 0 aromatic heterocycles. The molecular formula is C13H12N4O. The van der Waals surface area contributed by atoms with Gasteiger partial charge >= 0.3 is 0 Å². The van der Waals surface area contributed by atoms with Crippen LogP contribution in [-0.2, 0) is 11.3 Å². The highest BCUT2D eigenvalue weighted by Gasteiger charge is 1.99. The molecule has 0 unspecified atom stereocenters. The first-order valence-corrected chi connectivity index (χ1v) is 5.30. The predicted molar refractivity (Wildman–Crippen MR) is 65.6 cm³/mol. The van der Waals surface area contributed by atoms with Crippen LogP contribution in [0, 0.1) is 22.7 Å². The molecule has 90 valence electrons. The second kappa shape index (κ2) is 7.48. The molecule has 0 aliphatic heterocycles. The number of carbonyl (C=O) groups is 1. The highest BCUT2D eigenvalue weighted by atomic mass is 16.1. The van der Waals surface area contributed by atoms with E-state index in [-0.39, 0.29) is 18.0 Å².